The molecule has 0 aromatic heterocycles. The summed E-state index contributed by atoms with van der Waals surface area (Å²) in [4.78, 5) is 29.0. The third-order valence-corrected chi connectivity index (χ3v) is 6.70. The molecule has 2 aliphatic heterocycles. The minimum Gasteiger partial charge on any atom is -0.326 e. The van der Waals surface area contributed by atoms with E-state index in [-0.39, 0.29) is 29.6 Å². The predicted molar refractivity (Wildman–Crippen MR) is 125 cm³/mol. The molecule has 172 valence electrons. The van der Waals surface area contributed by atoms with Gasteiger partial charge in [0.2, 0.25) is 11.8 Å². The number of hydrogen-bond donors (Lipinski definition) is 2. The maximum atomic E-state index is 12.5. The predicted octanol–water partition coefficient (Wildman–Crippen LogP) is 2.51. The highest BCUT2D eigenvalue weighted by molar-refractivity contribution is 7.90. The quantitative estimate of drug-likeness (QED) is 0.650. The molecule has 33 heavy (non-hydrogen) atoms. The van der Waals surface area contributed by atoms with E-state index >= 15 is 0 Å². The van der Waals surface area contributed by atoms with Gasteiger partial charge >= 0.3 is 0 Å². The minimum atomic E-state index is -3.77. The van der Waals surface area contributed by atoms with Crippen molar-refractivity contribution in [2.75, 3.05) is 18.4 Å². The number of carbonyl (C=O) groups excluding carboxylic acids is 2. The first kappa shape index (κ1) is 22.7. The Labute approximate surface area is 192 Å². The molecule has 2 aliphatic rings. The van der Waals surface area contributed by atoms with Crippen molar-refractivity contribution >= 4 is 39.1 Å². The molecular formula is C23H25N5O4S. The summed E-state index contributed by atoms with van der Waals surface area (Å²) in [7, 11) is -3.77. The van der Waals surface area contributed by atoms with E-state index in [1.54, 1.807) is 12.1 Å². The maximum absolute atomic E-state index is 12.5. The van der Waals surface area contributed by atoms with E-state index in [2.05, 4.69) is 20.1 Å². The van der Waals surface area contributed by atoms with Gasteiger partial charge in [-0.2, -0.15) is 5.10 Å². The fourth-order valence-electron chi connectivity index (χ4n) is 3.62. The highest BCUT2D eigenvalue weighted by atomic mass is 32.2. The third kappa shape index (κ3) is 5.83. The van der Waals surface area contributed by atoms with Gasteiger partial charge in [0, 0.05) is 37.9 Å². The van der Waals surface area contributed by atoms with Gasteiger partial charge in [0.1, 0.15) is 5.84 Å². The van der Waals surface area contributed by atoms with E-state index in [1.165, 1.54) is 17.1 Å². The average Bonchev–Trinajstić information content (AvgIpc) is 3.50. The van der Waals surface area contributed by atoms with Gasteiger partial charge in [0.25, 0.3) is 10.0 Å². The van der Waals surface area contributed by atoms with Crippen molar-refractivity contribution in [2.45, 2.75) is 37.0 Å². The highest BCUT2D eigenvalue weighted by Crippen LogP contribution is 2.18. The first-order valence-electron chi connectivity index (χ1n) is 10.8. The second-order valence-electron chi connectivity index (χ2n) is 7.79. The molecule has 0 bridgehead atoms. The number of aliphatic imine (C=N–C) groups is 1. The number of hydrogen-bond acceptors (Lipinski definition) is 6. The van der Waals surface area contributed by atoms with Gasteiger partial charge in [-0.25, -0.2) is 13.4 Å². The van der Waals surface area contributed by atoms with Gasteiger partial charge in [-0.1, -0.05) is 36.4 Å². The molecule has 9 nitrogen and oxygen atoms in total. The topological polar surface area (TPSA) is 120 Å². The largest absolute Gasteiger partial charge is 0.326 e. The Morgan fingerprint density at radius 1 is 1.00 bits per heavy atom. The number of amides is 2. The zero-order chi connectivity index (χ0) is 23.3. The molecule has 2 aromatic rings. The number of anilines is 1. The van der Waals surface area contributed by atoms with Gasteiger partial charge in [-0.3, -0.25) is 19.3 Å². The summed E-state index contributed by atoms with van der Waals surface area (Å²) in [5.41, 5.74) is 2.17. The molecule has 0 radical (unpaired) electrons. The lowest BCUT2D eigenvalue weighted by atomic mass is 10.1. The molecule has 0 saturated heterocycles. The van der Waals surface area contributed by atoms with Gasteiger partial charge < -0.3 is 5.32 Å². The van der Waals surface area contributed by atoms with Crippen molar-refractivity contribution in [1.82, 2.24) is 9.73 Å². The van der Waals surface area contributed by atoms with Gasteiger partial charge in [0.05, 0.1) is 17.2 Å². The number of amidine groups is 1. The Morgan fingerprint density at radius 2 is 1.82 bits per heavy atom. The van der Waals surface area contributed by atoms with E-state index in [4.69, 9.17) is 0 Å². The van der Waals surface area contributed by atoms with Crippen molar-refractivity contribution < 1.29 is 18.0 Å². The molecule has 2 amide bonds. The van der Waals surface area contributed by atoms with Crippen LogP contribution in [0.5, 0.6) is 0 Å². The standard InChI is InChI=1S/C23H25N5O4S/c29-22(11-12-23(30)28-15-13-20(26-28)17-6-2-1-3-7-17)25-18-8-4-9-19(16-18)33(31,32)27-21-10-5-14-24-21/h1-4,6-9,16H,5,10-15H2,(H,24,27)(H,25,29). The Kier molecular flexibility index (Phi) is 6.83. The molecule has 0 spiro atoms. The van der Waals surface area contributed by atoms with Crippen LogP contribution in [0.3, 0.4) is 0 Å². The van der Waals surface area contributed by atoms with E-state index in [0.717, 1.165) is 17.7 Å². The smallest absolute Gasteiger partial charge is 0.262 e. The van der Waals surface area contributed by atoms with Crippen molar-refractivity contribution in [2.24, 2.45) is 10.1 Å². The average molecular weight is 468 g/mol. The molecule has 0 unspecified atom stereocenters. The maximum Gasteiger partial charge on any atom is 0.262 e. The number of nitrogens with one attached hydrogen (secondary N) is 2. The summed E-state index contributed by atoms with van der Waals surface area (Å²) in [6.45, 7) is 1.10. The molecule has 0 atom stereocenters. The van der Waals surface area contributed by atoms with Crippen LogP contribution in [0.4, 0.5) is 5.69 Å². The summed E-state index contributed by atoms with van der Waals surface area (Å²) >= 11 is 0. The van der Waals surface area contributed by atoms with Crippen LogP contribution in [0, 0.1) is 0 Å². The van der Waals surface area contributed by atoms with Crippen LogP contribution in [0.25, 0.3) is 0 Å². The molecule has 10 heteroatoms. The Bertz CT molecular complexity index is 1210. The van der Waals surface area contributed by atoms with Crippen molar-refractivity contribution in [3.8, 4) is 0 Å². The van der Waals surface area contributed by atoms with Crippen LogP contribution in [0.1, 0.15) is 37.7 Å². The number of rotatable bonds is 7. The van der Waals surface area contributed by atoms with E-state index in [0.29, 0.717) is 37.5 Å². The Morgan fingerprint density at radius 3 is 2.58 bits per heavy atom. The first-order chi connectivity index (χ1) is 15.9. The van der Waals surface area contributed by atoms with Gasteiger partial charge in [0.15, 0.2) is 0 Å². The second kappa shape index (κ2) is 9.95. The van der Waals surface area contributed by atoms with Crippen molar-refractivity contribution in [3.63, 3.8) is 0 Å². The van der Waals surface area contributed by atoms with Gasteiger partial charge in [-0.05, 0) is 30.2 Å². The highest BCUT2D eigenvalue weighted by Gasteiger charge is 2.22. The molecule has 0 fully saturated rings. The summed E-state index contributed by atoms with van der Waals surface area (Å²) in [6, 6.07) is 15.7. The number of benzene rings is 2. The molecule has 0 aliphatic carbocycles. The fourth-order valence-corrected chi connectivity index (χ4v) is 4.76. The van der Waals surface area contributed by atoms with Crippen LogP contribution in [-0.2, 0) is 19.6 Å². The van der Waals surface area contributed by atoms with E-state index < -0.39 is 10.0 Å². The van der Waals surface area contributed by atoms with Crippen molar-refractivity contribution in [1.29, 1.82) is 0 Å². The second-order valence-corrected chi connectivity index (χ2v) is 9.48. The summed E-state index contributed by atoms with van der Waals surface area (Å²) in [5, 5.41) is 8.45. The molecule has 2 heterocycles. The minimum absolute atomic E-state index is 0.0107. The monoisotopic (exact) mass is 467 g/mol. The fraction of sp³-hybridized carbons (Fsp3) is 0.304. The zero-order valence-electron chi connectivity index (χ0n) is 18.0. The van der Waals surface area contributed by atoms with Crippen LogP contribution in [0.2, 0.25) is 0 Å². The molecule has 4 rings (SSSR count). The van der Waals surface area contributed by atoms with Crippen LogP contribution < -0.4 is 10.0 Å². The lowest BCUT2D eigenvalue weighted by Crippen LogP contribution is -2.29. The lowest BCUT2D eigenvalue weighted by molar-refractivity contribution is -0.132. The van der Waals surface area contributed by atoms with Crippen molar-refractivity contribution in [3.05, 3.63) is 60.2 Å². The first-order valence-corrected chi connectivity index (χ1v) is 12.3. The van der Waals surface area contributed by atoms with Crippen LogP contribution >= 0.6 is 0 Å². The molecule has 2 N–H and O–H groups in total. The number of carbonyl (C=O) groups is 2. The van der Waals surface area contributed by atoms with E-state index in [9.17, 15) is 18.0 Å². The third-order valence-electron chi connectivity index (χ3n) is 5.32. The van der Waals surface area contributed by atoms with Crippen LogP contribution in [0.15, 0.2) is 69.6 Å². The number of nitrogens with zero attached hydrogens (tertiary/aromatic N) is 3. The molecule has 0 saturated carbocycles. The SMILES string of the molecule is O=C(CCC(=O)N1CCC(c2ccccc2)=N1)Nc1cccc(S(=O)(=O)NC2=NCCC2)c1. The van der Waals surface area contributed by atoms with Gasteiger partial charge in [-0.15, -0.1) is 0 Å². The number of sulfonamides is 1. The van der Waals surface area contributed by atoms with Crippen LogP contribution in [-0.4, -0.2) is 49.9 Å². The lowest BCUT2D eigenvalue weighted by Gasteiger charge is -2.12. The molecular weight excluding hydrogens is 442 g/mol. The number of hydrazone groups is 1. The summed E-state index contributed by atoms with van der Waals surface area (Å²) < 4.78 is 27.6. The summed E-state index contributed by atoms with van der Waals surface area (Å²) in [5.74, 6) is -0.158. The Balaban J connectivity index is 1.31. The molecule has 2 aromatic carbocycles. The summed E-state index contributed by atoms with van der Waals surface area (Å²) in [6.07, 6.45) is 2.07. The normalized spacial score (nSPS) is 15.7. The Hall–Kier alpha value is -3.53. The zero-order valence-corrected chi connectivity index (χ0v) is 18.8. The van der Waals surface area contributed by atoms with E-state index in [1.807, 2.05) is 30.3 Å².